The Morgan fingerprint density at radius 2 is 1.48 bits per heavy atom. The molecule has 3 aromatic carbocycles. The maximum atomic E-state index is 7.65. The van der Waals surface area contributed by atoms with E-state index in [2.05, 4.69) is 28.2 Å². The van der Waals surface area contributed by atoms with Gasteiger partial charge in [0.1, 0.15) is 0 Å². The van der Waals surface area contributed by atoms with Crippen LogP contribution in [-0.2, 0) is 20.1 Å². The van der Waals surface area contributed by atoms with Crippen LogP contribution in [0.1, 0.15) is 10.1 Å². The van der Waals surface area contributed by atoms with E-state index in [1.807, 2.05) is 24.3 Å². The summed E-state index contributed by atoms with van der Waals surface area (Å²) in [4.78, 5) is 8.49. The molecule has 2 heterocycles. The molecule has 0 saturated carbocycles. The SMILES string of the molecule is [2H][2H].[2H][2H].[2H]c1cc[c-]c(-c2nccc3ccccc23)c1.[2H]c1ccc(-c2[c-]ccc([2H])c2)nc1.[Ir]. The Labute approximate surface area is 195 Å². The van der Waals surface area contributed by atoms with Crippen molar-refractivity contribution >= 4 is 10.8 Å². The summed E-state index contributed by atoms with van der Waals surface area (Å²) in [6, 6.07) is 31.3. The predicted molar refractivity (Wildman–Crippen MR) is 119 cm³/mol. The summed E-state index contributed by atoms with van der Waals surface area (Å²) in [7, 11) is 0. The van der Waals surface area contributed by atoms with Gasteiger partial charge in [-0.15, -0.1) is 71.7 Å². The molecule has 0 spiro atoms. The number of rotatable bonds is 2. The third-order valence-electron chi connectivity index (χ3n) is 4.11. The average molecular weight is 562 g/mol. The van der Waals surface area contributed by atoms with Gasteiger partial charge in [-0.05, 0) is 34.3 Å². The third-order valence-corrected chi connectivity index (χ3v) is 4.11. The first-order valence-electron chi connectivity index (χ1n) is 12.3. The Kier molecular flexibility index (Phi) is 5.32. The van der Waals surface area contributed by atoms with Crippen LogP contribution in [0.2, 0.25) is 0 Å². The molecule has 0 unspecified atom stereocenters. The minimum absolute atomic E-state index is 0. The van der Waals surface area contributed by atoms with Crippen LogP contribution in [0.15, 0.2) is 109 Å². The maximum Gasteiger partial charge on any atom is 0.0638 e. The fraction of sp³-hybridized carbons (Fsp3) is 0. The zero-order valence-corrected chi connectivity index (χ0v) is 17.8. The Hall–Kier alpha value is -3.13. The molecule has 0 bridgehead atoms. The molecule has 2 aromatic heterocycles. The summed E-state index contributed by atoms with van der Waals surface area (Å²) >= 11 is 0. The van der Waals surface area contributed by atoms with Gasteiger partial charge in [0, 0.05) is 41.2 Å². The van der Waals surface area contributed by atoms with Crippen LogP contribution in [0.4, 0.5) is 0 Å². The van der Waals surface area contributed by atoms with Crippen molar-refractivity contribution in [1.29, 1.82) is 0 Å². The zero-order chi connectivity index (χ0) is 25.6. The van der Waals surface area contributed by atoms with Gasteiger partial charge < -0.3 is 9.97 Å². The fourth-order valence-corrected chi connectivity index (χ4v) is 2.80. The molecular weight excluding hydrogens is 533 g/mol. The first-order valence-corrected chi connectivity index (χ1v) is 8.84. The number of nitrogens with zero attached hydrogens (tertiary/aromatic N) is 2. The molecule has 1 radical (unpaired) electrons. The topological polar surface area (TPSA) is 25.8 Å². The quantitative estimate of drug-likeness (QED) is 0.223. The molecule has 2 nitrogen and oxygen atoms in total. The molecule has 0 fully saturated rings. The van der Waals surface area contributed by atoms with Crippen molar-refractivity contribution in [3.8, 4) is 22.5 Å². The maximum absolute atomic E-state index is 7.65. The zero-order valence-electron chi connectivity index (χ0n) is 22.4. The monoisotopic (exact) mass is 562 g/mol. The van der Waals surface area contributed by atoms with Crippen molar-refractivity contribution in [3.63, 3.8) is 0 Å². The van der Waals surface area contributed by atoms with Gasteiger partial charge in [0.2, 0.25) is 0 Å². The van der Waals surface area contributed by atoms with Crippen LogP contribution in [0, 0.1) is 12.1 Å². The van der Waals surface area contributed by atoms with Gasteiger partial charge in [0.15, 0.2) is 0 Å². The minimum Gasteiger partial charge on any atom is -0.305 e. The molecule has 3 heteroatoms. The predicted octanol–water partition coefficient (Wildman–Crippen LogP) is 6.74. The molecule has 0 amide bonds. The normalized spacial score (nSPS) is 11.8. The molecular formula is C26H22IrN2-2. The second-order valence-corrected chi connectivity index (χ2v) is 5.93. The molecule has 0 saturated heterocycles. The van der Waals surface area contributed by atoms with E-state index in [1.54, 1.807) is 54.7 Å². The van der Waals surface area contributed by atoms with Crippen molar-refractivity contribution in [1.82, 2.24) is 9.97 Å². The van der Waals surface area contributed by atoms with Crippen LogP contribution in [0.25, 0.3) is 33.3 Å². The van der Waals surface area contributed by atoms with Crippen molar-refractivity contribution < 1.29 is 30.2 Å². The van der Waals surface area contributed by atoms with E-state index >= 15 is 0 Å². The van der Waals surface area contributed by atoms with Crippen molar-refractivity contribution in [2.45, 2.75) is 0 Å². The first kappa shape index (κ1) is 14.8. The largest absolute Gasteiger partial charge is 0.305 e. The number of benzene rings is 3. The van der Waals surface area contributed by atoms with E-state index in [4.69, 9.17) is 10.1 Å². The fourth-order valence-electron chi connectivity index (χ4n) is 2.80. The number of fused-ring (bicyclic) bond motifs is 1. The van der Waals surface area contributed by atoms with Crippen molar-refractivity contribution in [2.24, 2.45) is 0 Å². The molecule has 0 aliphatic rings. The third kappa shape index (κ3) is 5.23. The second-order valence-electron chi connectivity index (χ2n) is 5.93. The Bertz CT molecular complexity index is 1330. The summed E-state index contributed by atoms with van der Waals surface area (Å²) in [6.45, 7) is 0. The Morgan fingerprint density at radius 1 is 0.724 bits per heavy atom. The van der Waals surface area contributed by atoms with Gasteiger partial charge in [-0.2, -0.15) is 0 Å². The van der Waals surface area contributed by atoms with E-state index in [-0.39, 0.29) is 20.1 Å². The molecule has 0 N–H and O–H groups in total. The smallest absolute Gasteiger partial charge is 0.0638 e. The van der Waals surface area contributed by atoms with Crippen LogP contribution < -0.4 is 0 Å². The van der Waals surface area contributed by atoms with Crippen LogP contribution in [0.5, 0.6) is 0 Å². The number of aromatic nitrogens is 2. The molecule has 29 heavy (non-hydrogen) atoms. The number of hydrogen-bond donors (Lipinski definition) is 0. The van der Waals surface area contributed by atoms with Crippen LogP contribution in [-0.4, -0.2) is 9.97 Å². The van der Waals surface area contributed by atoms with Crippen LogP contribution >= 0.6 is 0 Å². The van der Waals surface area contributed by atoms with E-state index in [0.29, 0.717) is 18.1 Å². The van der Waals surface area contributed by atoms with E-state index in [1.165, 1.54) is 6.20 Å². The summed E-state index contributed by atoms with van der Waals surface area (Å²) in [5.41, 5.74) is 3.29. The van der Waals surface area contributed by atoms with E-state index < -0.39 is 0 Å². The van der Waals surface area contributed by atoms with Crippen molar-refractivity contribution in [3.05, 3.63) is 122 Å². The Balaban J connectivity index is 0.000000313. The molecule has 5 aromatic rings. The molecule has 0 aliphatic carbocycles. The number of pyridine rings is 2. The molecule has 5 rings (SSSR count). The average Bonchev–Trinajstić information content (AvgIpc) is 2.91. The molecule has 147 valence electrons. The summed E-state index contributed by atoms with van der Waals surface area (Å²) in [5, 5.41) is 2.25. The summed E-state index contributed by atoms with van der Waals surface area (Å²) in [5.74, 6) is 0. The van der Waals surface area contributed by atoms with E-state index in [9.17, 15) is 0 Å². The van der Waals surface area contributed by atoms with Gasteiger partial charge in [-0.25, -0.2) is 0 Å². The first-order chi connectivity index (χ1) is 17.1. The second kappa shape index (κ2) is 10.4. The van der Waals surface area contributed by atoms with Gasteiger partial charge >= 0.3 is 0 Å². The van der Waals surface area contributed by atoms with Gasteiger partial charge in [-0.1, -0.05) is 36.4 Å². The Morgan fingerprint density at radius 3 is 2.24 bits per heavy atom. The van der Waals surface area contributed by atoms with E-state index in [0.717, 1.165) is 33.3 Å². The van der Waals surface area contributed by atoms with Gasteiger partial charge in [-0.3, -0.25) is 0 Å². The standard InChI is InChI=1S/C15H10N.C11H8N.Ir.2H2/c1-2-7-13(8-3-1)15-14-9-5-4-6-12(14)10-11-16-15;1-2-6-10(7-3-1)11-8-4-5-9-12-11;;;/h1-7,9-11H;1-6,8-9H;;2*1H/q2*-1;;;/i2D;2D,5D;;2*1+1D. The van der Waals surface area contributed by atoms with Crippen LogP contribution in [0.3, 0.4) is 0 Å². The van der Waals surface area contributed by atoms with Gasteiger partial charge in [0.25, 0.3) is 0 Å². The summed E-state index contributed by atoms with van der Waals surface area (Å²) < 4.78 is 42.4. The molecule has 0 aliphatic heterocycles. The summed E-state index contributed by atoms with van der Waals surface area (Å²) in [6.07, 6.45) is 3.28. The molecule has 0 atom stereocenters. The minimum atomic E-state index is 0. The van der Waals surface area contributed by atoms with Gasteiger partial charge in [0.05, 0.1) is 1.37 Å². The number of hydrogen-bond acceptors (Lipinski definition) is 2. The van der Waals surface area contributed by atoms with Crippen molar-refractivity contribution in [2.75, 3.05) is 0 Å².